The zero-order valence-corrected chi connectivity index (χ0v) is 13.3. The highest BCUT2D eigenvalue weighted by Crippen LogP contribution is 2.59. The van der Waals surface area contributed by atoms with E-state index >= 15 is 0 Å². The Morgan fingerprint density at radius 3 is 2.47 bits per heavy atom. The zero-order valence-electron chi connectivity index (χ0n) is 13.3. The van der Waals surface area contributed by atoms with Crippen molar-refractivity contribution in [3.05, 3.63) is 0 Å². The number of unbranched alkanes of at least 4 members (excludes halogenated alkanes) is 1. The second kappa shape index (κ2) is 5.92. The van der Waals surface area contributed by atoms with Crippen LogP contribution in [0.15, 0.2) is 0 Å². The van der Waals surface area contributed by atoms with Gasteiger partial charge in [-0.15, -0.1) is 0 Å². The number of aldehydes is 1. The third-order valence-electron chi connectivity index (χ3n) is 5.32. The highest BCUT2D eigenvalue weighted by Gasteiger charge is 2.62. The van der Waals surface area contributed by atoms with E-state index < -0.39 is 5.60 Å². The van der Waals surface area contributed by atoms with Crippen LogP contribution < -0.4 is 5.73 Å². The van der Waals surface area contributed by atoms with E-state index in [-0.39, 0.29) is 11.0 Å². The lowest BCUT2D eigenvalue weighted by Crippen LogP contribution is -2.49. The van der Waals surface area contributed by atoms with E-state index in [1.165, 1.54) is 26.3 Å². The molecule has 2 bridgehead atoms. The molecule has 1 heterocycles. The smallest absolute Gasteiger partial charge is 0.152 e. The number of carbonyl (C=O) groups is 1. The number of hydrogen-bond donors (Lipinski definition) is 1. The number of fused-ring (bicyclic) bond motifs is 2. The first-order chi connectivity index (χ1) is 8.89. The van der Waals surface area contributed by atoms with Gasteiger partial charge in [-0.1, -0.05) is 26.7 Å². The van der Waals surface area contributed by atoms with Gasteiger partial charge >= 0.3 is 0 Å². The maximum Gasteiger partial charge on any atom is 0.152 e. The van der Waals surface area contributed by atoms with Crippen LogP contribution in [-0.2, 0) is 9.53 Å². The normalized spacial score (nSPS) is 39.4. The van der Waals surface area contributed by atoms with Gasteiger partial charge in [-0.05, 0) is 52.5 Å². The van der Waals surface area contributed by atoms with Crippen LogP contribution in [0.1, 0.15) is 66.2 Å². The summed E-state index contributed by atoms with van der Waals surface area (Å²) in [4.78, 5) is 11.7. The summed E-state index contributed by atoms with van der Waals surface area (Å²) in [6, 6.07) is 0. The molecular weight excluding hydrogens is 238 g/mol. The molecule has 3 heteroatoms. The molecule has 1 aliphatic carbocycles. The predicted octanol–water partition coefficient (Wildman–Crippen LogP) is 3.30. The average Bonchev–Trinajstić information content (AvgIpc) is 2.65. The lowest BCUT2D eigenvalue weighted by atomic mass is 9.60. The molecule has 0 radical (unpaired) electrons. The van der Waals surface area contributed by atoms with E-state index in [1.807, 2.05) is 0 Å². The summed E-state index contributed by atoms with van der Waals surface area (Å²) in [5.41, 5.74) is 3.93. The van der Waals surface area contributed by atoms with Crippen LogP contribution in [0, 0.1) is 11.3 Å². The third-order valence-corrected chi connectivity index (χ3v) is 5.32. The van der Waals surface area contributed by atoms with Crippen LogP contribution in [0.4, 0.5) is 0 Å². The van der Waals surface area contributed by atoms with Gasteiger partial charge in [0, 0.05) is 5.41 Å². The lowest BCUT2D eigenvalue weighted by molar-refractivity contribution is -0.162. The van der Waals surface area contributed by atoms with Gasteiger partial charge in [-0.2, -0.15) is 0 Å². The van der Waals surface area contributed by atoms with E-state index in [0.717, 1.165) is 25.5 Å². The summed E-state index contributed by atoms with van der Waals surface area (Å²) in [7, 11) is 1.50. The predicted molar refractivity (Wildman–Crippen MR) is 79.0 cm³/mol. The van der Waals surface area contributed by atoms with Crippen molar-refractivity contribution in [2.45, 2.75) is 77.4 Å². The first-order valence-electron chi connectivity index (χ1n) is 7.63. The first kappa shape index (κ1) is 16.6. The quantitative estimate of drug-likeness (QED) is 0.797. The van der Waals surface area contributed by atoms with Gasteiger partial charge in [0.1, 0.15) is 5.60 Å². The minimum absolute atomic E-state index is 0.0506. The molecule has 0 aromatic rings. The van der Waals surface area contributed by atoms with Gasteiger partial charge in [0.25, 0.3) is 0 Å². The number of ether oxygens (including phenoxy) is 1. The van der Waals surface area contributed by atoms with Crippen molar-refractivity contribution in [2.24, 2.45) is 17.1 Å². The number of carbonyl (C=O) groups excluding carboxylic acids is 1. The molecule has 2 aliphatic rings. The molecular formula is C16H31NO2. The Hall–Kier alpha value is -0.410. The van der Waals surface area contributed by atoms with Gasteiger partial charge < -0.3 is 15.3 Å². The van der Waals surface area contributed by atoms with Crippen molar-refractivity contribution in [1.29, 1.82) is 0 Å². The fourth-order valence-corrected chi connectivity index (χ4v) is 3.85. The van der Waals surface area contributed by atoms with Crippen molar-refractivity contribution >= 4 is 6.29 Å². The van der Waals surface area contributed by atoms with E-state index in [4.69, 9.17) is 4.74 Å². The van der Waals surface area contributed by atoms with Gasteiger partial charge in [0.15, 0.2) is 6.29 Å². The van der Waals surface area contributed by atoms with Gasteiger partial charge in [0.2, 0.25) is 0 Å². The second-order valence-corrected chi connectivity index (χ2v) is 6.82. The highest BCUT2D eigenvalue weighted by atomic mass is 16.5. The van der Waals surface area contributed by atoms with Crippen molar-refractivity contribution in [3.63, 3.8) is 0 Å². The van der Waals surface area contributed by atoms with E-state index in [0.29, 0.717) is 5.92 Å². The number of hydrogen-bond acceptors (Lipinski definition) is 3. The largest absolute Gasteiger partial charge is 0.361 e. The maximum atomic E-state index is 11.7. The Morgan fingerprint density at radius 2 is 1.95 bits per heavy atom. The molecule has 2 N–H and O–H groups in total. The molecule has 0 aromatic carbocycles. The Kier molecular flexibility index (Phi) is 5.19. The Labute approximate surface area is 118 Å². The first-order valence-corrected chi connectivity index (χ1v) is 7.63. The van der Waals surface area contributed by atoms with Gasteiger partial charge in [0.05, 0.1) is 5.60 Å². The molecule has 1 aliphatic heterocycles. The van der Waals surface area contributed by atoms with Crippen LogP contribution in [0.2, 0.25) is 0 Å². The summed E-state index contributed by atoms with van der Waals surface area (Å²) in [6.45, 7) is 8.76. The molecule has 2 unspecified atom stereocenters. The van der Waals surface area contributed by atoms with Crippen molar-refractivity contribution < 1.29 is 9.53 Å². The van der Waals surface area contributed by atoms with Gasteiger partial charge in [-0.25, -0.2) is 0 Å². The highest BCUT2D eigenvalue weighted by molar-refractivity contribution is 5.66. The van der Waals surface area contributed by atoms with Crippen molar-refractivity contribution in [2.75, 3.05) is 7.05 Å². The van der Waals surface area contributed by atoms with Crippen LogP contribution in [0.3, 0.4) is 0 Å². The standard InChI is InChI=1S/C15H26O2.CH5N/c1-5-6-8-14(4)9-7-12-10-15(14,11-16)17-13(12,2)3;1-2/h11-12H,5-10H2,1-4H3;2H2,1H3/t12?,14-,15?;/m0./s1. The van der Waals surface area contributed by atoms with Gasteiger partial charge in [-0.3, -0.25) is 0 Å². The summed E-state index contributed by atoms with van der Waals surface area (Å²) in [5, 5.41) is 0. The minimum Gasteiger partial charge on any atom is -0.361 e. The fraction of sp³-hybridized carbons (Fsp3) is 0.938. The lowest BCUT2D eigenvalue weighted by Gasteiger charge is -2.45. The van der Waals surface area contributed by atoms with Crippen molar-refractivity contribution in [3.8, 4) is 0 Å². The van der Waals surface area contributed by atoms with Crippen LogP contribution in [0.5, 0.6) is 0 Å². The molecule has 0 amide bonds. The van der Waals surface area contributed by atoms with E-state index in [1.54, 1.807) is 0 Å². The molecule has 3 nitrogen and oxygen atoms in total. The maximum absolute atomic E-state index is 11.7. The Morgan fingerprint density at radius 1 is 1.32 bits per heavy atom. The van der Waals surface area contributed by atoms with Crippen LogP contribution >= 0.6 is 0 Å². The molecule has 0 spiro atoms. The summed E-state index contributed by atoms with van der Waals surface area (Å²) < 4.78 is 6.25. The molecule has 112 valence electrons. The topological polar surface area (TPSA) is 52.3 Å². The Balaban J connectivity index is 0.000000861. The molecule has 3 atom stereocenters. The third kappa shape index (κ3) is 2.73. The molecule has 1 saturated carbocycles. The number of nitrogens with two attached hydrogens (primary N) is 1. The minimum atomic E-state index is -0.505. The monoisotopic (exact) mass is 269 g/mol. The summed E-state index contributed by atoms with van der Waals surface area (Å²) in [5.74, 6) is 0.558. The molecule has 2 fully saturated rings. The molecule has 1 saturated heterocycles. The zero-order chi connectivity index (χ0) is 14.7. The summed E-state index contributed by atoms with van der Waals surface area (Å²) in [6.07, 6.45) is 7.90. The summed E-state index contributed by atoms with van der Waals surface area (Å²) >= 11 is 0. The van der Waals surface area contributed by atoms with E-state index in [2.05, 4.69) is 33.4 Å². The molecule has 2 rings (SSSR count). The SMILES string of the molecule is CCCC[C@@]1(C)CCC2CC1(C=O)OC2(C)C.CN. The number of rotatable bonds is 4. The van der Waals surface area contributed by atoms with E-state index in [9.17, 15) is 4.79 Å². The Bertz CT molecular complexity index is 316. The second-order valence-electron chi connectivity index (χ2n) is 6.82. The van der Waals surface area contributed by atoms with Crippen molar-refractivity contribution in [1.82, 2.24) is 0 Å². The fourth-order valence-electron chi connectivity index (χ4n) is 3.85. The molecule has 0 aromatic heterocycles. The average molecular weight is 269 g/mol. The van der Waals surface area contributed by atoms with Crippen LogP contribution in [-0.4, -0.2) is 24.5 Å². The molecule has 19 heavy (non-hydrogen) atoms. The van der Waals surface area contributed by atoms with Crippen LogP contribution in [0.25, 0.3) is 0 Å².